The first-order valence-electron chi connectivity index (χ1n) is 6.03. The topological polar surface area (TPSA) is 70.1 Å². The van der Waals surface area contributed by atoms with Crippen LogP contribution in [0.1, 0.15) is 6.42 Å². The smallest absolute Gasteiger partial charge is 0.334 e. The Labute approximate surface area is 110 Å². The molecule has 0 aromatic heterocycles. The van der Waals surface area contributed by atoms with Crippen LogP contribution in [-0.4, -0.2) is 77.3 Å². The quantitative estimate of drug-likeness (QED) is 0.786. The van der Waals surface area contributed by atoms with E-state index in [0.717, 1.165) is 17.9 Å². The van der Waals surface area contributed by atoms with E-state index in [1.807, 2.05) is 11.8 Å². The van der Waals surface area contributed by atoms with Gasteiger partial charge in [-0.3, -0.25) is 0 Å². The third-order valence-electron chi connectivity index (χ3n) is 3.37. The molecule has 2 heterocycles. The number of thioether (sulfide) groups is 1. The summed E-state index contributed by atoms with van der Waals surface area (Å²) in [6.45, 7) is 0.890. The number of carbonyl (C=O) groups excluding carboxylic acids is 1. The summed E-state index contributed by atoms with van der Waals surface area (Å²) in [5, 5.41) is 8.91. The van der Waals surface area contributed by atoms with E-state index >= 15 is 0 Å². The van der Waals surface area contributed by atoms with Crippen LogP contribution in [0.3, 0.4) is 0 Å². The summed E-state index contributed by atoms with van der Waals surface area (Å²) >= 11 is 1.85. The Morgan fingerprint density at radius 1 is 1.50 bits per heavy atom. The Hall–Kier alpha value is -0.950. The van der Waals surface area contributed by atoms with Crippen molar-refractivity contribution in [2.45, 2.75) is 18.6 Å². The number of hydrogen-bond donors (Lipinski definition) is 1. The van der Waals surface area contributed by atoms with Crippen LogP contribution in [0.4, 0.5) is 4.79 Å². The Balaban J connectivity index is 1.93. The summed E-state index contributed by atoms with van der Waals surface area (Å²) in [4.78, 5) is 26.4. The molecule has 0 spiro atoms. The first kappa shape index (κ1) is 13.5. The van der Waals surface area contributed by atoms with Crippen molar-refractivity contribution in [3.05, 3.63) is 0 Å². The van der Waals surface area contributed by atoms with Crippen LogP contribution >= 0.6 is 11.8 Å². The van der Waals surface area contributed by atoms with Crippen LogP contribution in [-0.2, 0) is 9.53 Å². The van der Waals surface area contributed by atoms with E-state index in [2.05, 4.69) is 0 Å². The standard InChI is InChI=1S/C11H18N2O4S/c1-12(8-2-5-18-7-8)11(16)13-3-4-17-9(6-13)10(14)15/h8-9H,2-7H2,1H3,(H,14,15). The highest BCUT2D eigenvalue weighted by atomic mass is 32.2. The molecule has 1 N–H and O–H groups in total. The largest absolute Gasteiger partial charge is 0.479 e. The predicted octanol–water partition coefficient (Wildman–Crippen LogP) is 0.329. The average molecular weight is 274 g/mol. The van der Waals surface area contributed by atoms with Gasteiger partial charge in [-0.2, -0.15) is 11.8 Å². The summed E-state index contributed by atoms with van der Waals surface area (Å²) in [7, 11) is 1.80. The van der Waals surface area contributed by atoms with E-state index in [9.17, 15) is 9.59 Å². The number of aliphatic carboxylic acids is 1. The zero-order valence-electron chi connectivity index (χ0n) is 10.4. The molecule has 2 rings (SSSR count). The first-order valence-corrected chi connectivity index (χ1v) is 7.19. The number of carboxylic acids is 1. The van der Waals surface area contributed by atoms with Gasteiger partial charge in [-0.1, -0.05) is 0 Å². The van der Waals surface area contributed by atoms with Crippen molar-refractivity contribution in [2.24, 2.45) is 0 Å². The monoisotopic (exact) mass is 274 g/mol. The molecule has 0 aromatic carbocycles. The van der Waals surface area contributed by atoms with E-state index in [0.29, 0.717) is 6.54 Å². The van der Waals surface area contributed by atoms with Gasteiger partial charge in [0.05, 0.1) is 13.2 Å². The minimum absolute atomic E-state index is 0.0861. The maximum absolute atomic E-state index is 12.2. The fourth-order valence-electron chi connectivity index (χ4n) is 2.18. The van der Waals surface area contributed by atoms with Gasteiger partial charge in [0, 0.05) is 25.4 Å². The van der Waals surface area contributed by atoms with Crippen LogP contribution in [0.15, 0.2) is 0 Å². The molecule has 2 amide bonds. The lowest BCUT2D eigenvalue weighted by Gasteiger charge is -2.35. The fraction of sp³-hybridized carbons (Fsp3) is 0.818. The van der Waals surface area contributed by atoms with E-state index < -0.39 is 12.1 Å². The highest BCUT2D eigenvalue weighted by molar-refractivity contribution is 7.99. The molecule has 0 saturated carbocycles. The number of rotatable bonds is 2. The number of ether oxygens (including phenoxy) is 1. The Bertz CT molecular complexity index is 333. The lowest BCUT2D eigenvalue weighted by atomic mass is 10.2. The van der Waals surface area contributed by atoms with E-state index in [1.54, 1.807) is 16.8 Å². The molecule has 2 aliphatic heterocycles. The lowest BCUT2D eigenvalue weighted by molar-refractivity contribution is -0.154. The molecule has 2 aliphatic rings. The third-order valence-corrected chi connectivity index (χ3v) is 4.51. The second-order valence-electron chi connectivity index (χ2n) is 4.55. The maximum atomic E-state index is 12.2. The molecule has 2 atom stereocenters. The Kier molecular flexibility index (Phi) is 4.34. The number of carboxylic acid groups (broad SMARTS) is 1. The SMILES string of the molecule is CN(C(=O)N1CCOC(C(=O)O)C1)C1CCSC1. The number of morpholine rings is 1. The minimum atomic E-state index is -1.01. The van der Waals surface area contributed by atoms with Crippen molar-refractivity contribution in [1.29, 1.82) is 0 Å². The second-order valence-corrected chi connectivity index (χ2v) is 5.70. The molecular formula is C11H18N2O4S. The molecule has 6 nitrogen and oxygen atoms in total. The van der Waals surface area contributed by atoms with Gasteiger partial charge in [0.15, 0.2) is 6.10 Å². The van der Waals surface area contributed by atoms with Crippen LogP contribution in [0.5, 0.6) is 0 Å². The summed E-state index contributed by atoms with van der Waals surface area (Å²) in [5.41, 5.74) is 0. The highest BCUT2D eigenvalue weighted by Crippen LogP contribution is 2.22. The Morgan fingerprint density at radius 3 is 2.89 bits per heavy atom. The number of urea groups is 1. The van der Waals surface area contributed by atoms with Crippen molar-refractivity contribution < 1.29 is 19.4 Å². The van der Waals surface area contributed by atoms with Crippen molar-refractivity contribution in [3.8, 4) is 0 Å². The molecule has 2 fully saturated rings. The summed E-state index contributed by atoms with van der Waals surface area (Å²) in [6, 6.07) is 0.186. The minimum Gasteiger partial charge on any atom is -0.479 e. The molecule has 0 bridgehead atoms. The van der Waals surface area contributed by atoms with Crippen LogP contribution in [0.25, 0.3) is 0 Å². The number of nitrogens with zero attached hydrogens (tertiary/aromatic N) is 2. The lowest BCUT2D eigenvalue weighted by Crippen LogP contribution is -2.54. The third kappa shape index (κ3) is 2.89. The maximum Gasteiger partial charge on any atom is 0.334 e. The van der Waals surface area contributed by atoms with Crippen LogP contribution in [0.2, 0.25) is 0 Å². The van der Waals surface area contributed by atoms with Gasteiger partial charge in [-0.15, -0.1) is 0 Å². The molecular weight excluding hydrogens is 256 g/mol. The molecule has 102 valence electrons. The van der Waals surface area contributed by atoms with E-state index in [1.165, 1.54) is 0 Å². The van der Waals surface area contributed by atoms with Gasteiger partial charge in [0.1, 0.15) is 0 Å². The van der Waals surface area contributed by atoms with Crippen molar-refractivity contribution in [1.82, 2.24) is 9.80 Å². The van der Waals surface area contributed by atoms with Crippen LogP contribution < -0.4 is 0 Å². The predicted molar refractivity (Wildman–Crippen MR) is 67.8 cm³/mol. The second kappa shape index (κ2) is 5.79. The molecule has 2 saturated heterocycles. The first-order chi connectivity index (χ1) is 8.59. The summed E-state index contributed by atoms with van der Waals surface area (Å²) in [6.07, 6.45) is 0.119. The fourth-order valence-corrected chi connectivity index (χ4v) is 3.45. The van der Waals surface area contributed by atoms with Gasteiger partial charge in [-0.25, -0.2) is 9.59 Å². The van der Waals surface area contributed by atoms with E-state index in [4.69, 9.17) is 9.84 Å². The Morgan fingerprint density at radius 2 is 2.28 bits per heavy atom. The molecule has 7 heteroatoms. The highest BCUT2D eigenvalue weighted by Gasteiger charge is 2.33. The van der Waals surface area contributed by atoms with Gasteiger partial charge in [-0.05, 0) is 12.2 Å². The van der Waals surface area contributed by atoms with Gasteiger partial charge in [0.2, 0.25) is 0 Å². The van der Waals surface area contributed by atoms with E-state index in [-0.39, 0.29) is 25.2 Å². The molecule has 0 aliphatic carbocycles. The van der Waals surface area contributed by atoms with Gasteiger partial charge in [0.25, 0.3) is 0 Å². The zero-order valence-corrected chi connectivity index (χ0v) is 11.2. The van der Waals surface area contributed by atoms with Crippen molar-refractivity contribution in [3.63, 3.8) is 0 Å². The molecule has 0 radical (unpaired) electrons. The normalized spacial score (nSPS) is 28.2. The van der Waals surface area contributed by atoms with Crippen LogP contribution in [0, 0.1) is 0 Å². The van der Waals surface area contributed by atoms with Crippen molar-refractivity contribution in [2.75, 3.05) is 38.2 Å². The number of hydrogen-bond acceptors (Lipinski definition) is 4. The number of amides is 2. The molecule has 2 unspecified atom stereocenters. The number of carbonyl (C=O) groups is 2. The van der Waals surface area contributed by atoms with Gasteiger partial charge < -0.3 is 19.6 Å². The molecule has 0 aromatic rings. The summed E-state index contributed by atoms with van der Waals surface area (Å²) < 4.78 is 5.11. The average Bonchev–Trinajstić information content (AvgIpc) is 2.91. The van der Waals surface area contributed by atoms with Crippen molar-refractivity contribution >= 4 is 23.8 Å². The molecule has 18 heavy (non-hydrogen) atoms. The summed E-state index contributed by atoms with van der Waals surface area (Å²) in [5.74, 6) is 1.05. The zero-order chi connectivity index (χ0) is 13.1. The van der Waals surface area contributed by atoms with Gasteiger partial charge >= 0.3 is 12.0 Å².